The summed E-state index contributed by atoms with van der Waals surface area (Å²) in [6.07, 6.45) is 0. The van der Waals surface area contributed by atoms with Crippen LogP contribution in [0, 0.1) is 0 Å². The third-order valence-corrected chi connectivity index (χ3v) is 2.96. The summed E-state index contributed by atoms with van der Waals surface area (Å²) in [7, 11) is 5.21. The summed E-state index contributed by atoms with van der Waals surface area (Å²) in [5.41, 5.74) is 6.70. The van der Waals surface area contributed by atoms with Gasteiger partial charge in [0.05, 0.1) is 19.3 Å². The molecule has 1 aromatic rings. The van der Waals surface area contributed by atoms with E-state index in [1.54, 1.807) is 32.4 Å². The summed E-state index contributed by atoms with van der Waals surface area (Å²) < 4.78 is 10.0. The molecule has 0 saturated carbocycles. The van der Waals surface area contributed by atoms with Crippen molar-refractivity contribution >= 4 is 11.6 Å². The molecule has 6 heteroatoms. The Morgan fingerprint density at radius 3 is 2.70 bits per heavy atom. The molecule has 0 unspecified atom stereocenters. The molecule has 0 aliphatic heterocycles. The average molecular weight is 281 g/mol. The van der Waals surface area contributed by atoms with Crippen LogP contribution in [0.4, 0.5) is 5.69 Å². The summed E-state index contributed by atoms with van der Waals surface area (Å²) in [6, 6.07) is 5.02. The third-order valence-electron chi connectivity index (χ3n) is 2.96. The third kappa shape index (κ3) is 5.07. The van der Waals surface area contributed by atoms with E-state index >= 15 is 0 Å². The highest BCUT2D eigenvalue weighted by molar-refractivity contribution is 5.99. The van der Waals surface area contributed by atoms with Gasteiger partial charge in [-0.1, -0.05) is 0 Å². The molecule has 112 valence electrons. The molecule has 0 radical (unpaired) electrons. The number of benzene rings is 1. The Labute approximate surface area is 119 Å². The van der Waals surface area contributed by atoms with Crippen molar-refractivity contribution in [3.05, 3.63) is 23.8 Å². The maximum absolute atomic E-state index is 12.0. The van der Waals surface area contributed by atoms with Crippen molar-refractivity contribution in [2.75, 3.05) is 53.2 Å². The Hall–Kier alpha value is -1.79. The van der Waals surface area contributed by atoms with Gasteiger partial charge in [0.25, 0.3) is 5.91 Å². The summed E-state index contributed by atoms with van der Waals surface area (Å²) >= 11 is 0. The summed E-state index contributed by atoms with van der Waals surface area (Å²) in [5.74, 6) is 0.462. The molecular formula is C14H23N3O3. The Bertz CT molecular complexity index is 438. The Morgan fingerprint density at radius 1 is 1.35 bits per heavy atom. The van der Waals surface area contributed by atoms with E-state index in [0.717, 1.165) is 13.1 Å². The van der Waals surface area contributed by atoms with E-state index in [1.807, 2.05) is 7.05 Å². The van der Waals surface area contributed by atoms with Gasteiger partial charge in [-0.15, -0.1) is 0 Å². The molecule has 0 fully saturated rings. The van der Waals surface area contributed by atoms with Crippen molar-refractivity contribution in [1.29, 1.82) is 0 Å². The summed E-state index contributed by atoms with van der Waals surface area (Å²) in [4.78, 5) is 14.1. The van der Waals surface area contributed by atoms with Crippen LogP contribution in [0.3, 0.4) is 0 Å². The molecule has 3 N–H and O–H groups in total. The van der Waals surface area contributed by atoms with Crippen LogP contribution in [0.5, 0.6) is 5.75 Å². The van der Waals surface area contributed by atoms with Crippen molar-refractivity contribution in [2.24, 2.45) is 0 Å². The van der Waals surface area contributed by atoms with Gasteiger partial charge in [-0.2, -0.15) is 0 Å². The van der Waals surface area contributed by atoms with Gasteiger partial charge in [0.2, 0.25) is 0 Å². The highest BCUT2D eigenvalue weighted by Crippen LogP contribution is 2.19. The molecule has 1 rings (SSSR count). The maximum Gasteiger partial charge on any atom is 0.253 e. The van der Waals surface area contributed by atoms with Crippen molar-refractivity contribution in [3.63, 3.8) is 0 Å². The number of nitrogens with two attached hydrogens (primary N) is 1. The number of carbonyl (C=O) groups is 1. The fraction of sp³-hybridized carbons (Fsp3) is 0.500. The monoisotopic (exact) mass is 281 g/mol. The first-order valence-electron chi connectivity index (χ1n) is 6.47. The lowest BCUT2D eigenvalue weighted by atomic mass is 10.1. The molecule has 1 aromatic carbocycles. The van der Waals surface area contributed by atoms with E-state index in [4.69, 9.17) is 15.2 Å². The predicted molar refractivity (Wildman–Crippen MR) is 79.1 cm³/mol. The molecular weight excluding hydrogens is 258 g/mol. The molecule has 0 bridgehead atoms. The van der Waals surface area contributed by atoms with Gasteiger partial charge in [0.15, 0.2) is 0 Å². The highest BCUT2D eigenvalue weighted by atomic mass is 16.5. The van der Waals surface area contributed by atoms with Gasteiger partial charge in [0, 0.05) is 38.5 Å². The fourth-order valence-corrected chi connectivity index (χ4v) is 1.69. The SMILES string of the molecule is COCCN(C)CCNC(=O)c1ccc(OC)cc1N. The van der Waals surface area contributed by atoms with E-state index in [2.05, 4.69) is 10.2 Å². The van der Waals surface area contributed by atoms with Crippen LogP contribution >= 0.6 is 0 Å². The van der Waals surface area contributed by atoms with Gasteiger partial charge in [0.1, 0.15) is 5.75 Å². The van der Waals surface area contributed by atoms with Crippen LogP contribution in [0.2, 0.25) is 0 Å². The van der Waals surface area contributed by atoms with E-state index in [0.29, 0.717) is 30.2 Å². The Kier molecular flexibility index (Phi) is 6.83. The van der Waals surface area contributed by atoms with Gasteiger partial charge in [-0.05, 0) is 19.2 Å². The molecule has 0 saturated heterocycles. The molecule has 0 spiro atoms. The number of nitrogens with one attached hydrogen (secondary N) is 1. The second-order valence-corrected chi connectivity index (χ2v) is 4.51. The number of nitrogen functional groups attached to an aromatic ring is 1. The number of nitrogens with zero attached hydrogens (tertiary/aromatic N) is 1. The van der Waals surface area contributed by atoms with Crippen LogP contribution in [0.25, 0.3) is 0 Å². The maximum atomic E-state index is 12.0. The van der Waals surface area contributed by atoms with E-state index in [1.165, 1.54) is 0 Å². The van der Waals surface area contributed by atoms with Gasteiger partial charge in [-0.25, -0.2) is 0 Å². The molecule has 6 nitrogen and oxygen atoms in total. The van der Waals surface area contributed by atoms with Crippen LogP contribution in [0.1, 0.15) is 10.4 Å². The topological polar surface area (TPSA) is 76.8 Å². The first-order valence-corrected chi connectivity index (χ1v) is 6.47. The number of rotatable bonds is 8. The molecule has 20 heavy (non-hydrogen) atoms. The van der Waals surface area contributed by atoms with Crippen molar-refractivity contribution in [2.45, 2.75) is 0 Å². The second kappa shape index (κ2) is 8.39. The second-order valence-electron chi connectivity index (χ2n) is 4.51. The average Bonchev–Trinajstić information content (AvgIpc) is 2.44. The Morgan fingerprint density at radius 2 is 2.10 bits per heavy atom. The summed E-state index contributed by atoms with van der Waals surface area (Å²) in [5, 5.41) is 2.84. The number of anilines is 1. The predicted octanol–water partition coefficient (Wildman–Crippen LogP) is 0.585. The molecule has 0 atom stereocenters. The number of amides is 1. The van der Waals surface area contributed by atoms with E-state index < -0.39 is 0 Å². The lowest BCUT2D eigenvalue weighted by Crippen LogP contribution is -2.34. The minimum atomic E-state index is -0.176. The first-order chi connectivity index (χ1) is 9.58. The molecule has 0 aliphatic carbocycles. The lowest BCUT2D eigenvalue weighted by molar-refractivity contribution is 0.0948. The zero-order valence-electron chi connectivity index (χ0n) is 12.3. The number of carbonyl (C=O) groups excluding carboxylic acids is 1. The van der Waals surface area contributed by atoms with E-state index in [9.17, 15) is 4.79 Å². The summed E-state index contributed by atoms with van der Waals surface area (Å²) in [6.45, 7) is 2.82. The van der Waals surface area contributed by atoms with Gasteiger partial charge < -0.3 is 25.4 Å². The number of likely N-dealkylation sites (N-methyl/N-ethyl adjacent to an activating group) is 1. The fourth-order valence-electron chi connectivity index (χ4n) is 1.69. The number of hydrogen-bond donors (Lipinski definition) is 2. The standard InChI is InChI=1S/C14H23N3O3/c1-17(8-9-19-2)7-6-16-14(18)12-5-4-11(20-3)10-13(12)15/h4-5,10H,6-9,15H2,1-3H3,(H,16,18). The van der Waals surface area contributed by atoms with Crippen molar-refractivity contribution in [3.8, 4) is 5.75 Å². The van der Waals surface area contributed by atoms with Gasteiger partial charge >= 0.3 is 0 Å². The van der Waals surface area contributed by atoms with E-state index in [-0.39, 0.29) is 5.91 Å². The minimum Gasteiger partial charge on any atom is -0.497 e. The van der Waals surface area contributed by atoms with Crippen LogP contribution in [-0.4, -0.2) is 58.3 Å². The molecule has 1 amide bonds. The largest absolute Gasteiger partial charge is 0.497 e. The lowest BCUT2D eigenvalue weighted by Gasteiger charge is -2.16. The minimum absolute atomic E-state index is 0.176. The van der Waals surface area contributed by atoms with Crippen LogP contribution < -0.4 is 15.8 Å². The Balaban J connectivity index is 2.43. The number of ether oxygens (including phenoxy) is 2. The van der Waals surface area contributed by atoms with Crippen molar-refractivity contribution in [1.82, 2.24) is 10.2 Å². The van der Waals surface area contributed by atoms with Crippen molar-refractivity contribution < 1.29 is 14.3 Å². The quantitative estimate of drug-likeness (QED) is 0.682. The normalized spacial score (nSPS) is 10.6. The van der Waals surface area contributed by atoms with Crippen LogP contribution in [-0.2, 0) is 4.74 Å². The first kappa shape index (κ1) is 16.3. The molecule has 0 heterocycles. The smallest absolute Gasteiger partial charge is 0.253 e. The van der Waals surface area contributed by atoms with Crippen LogP contribution in [0.15, 0.2) is 18.2 Å². The zero-order valence-corrected chi connectivity index (χ0v) is 12.3. The zero-order chi connectivity index (χ0) is 15.0. The highest BCUT2D eigenvalue weighted by Gasteiger charge is 2.10. The van der Waals surface area contributed by atoms with Gasteiger partial charge in [-0.3, -0.25) is 4.79 Å². The molecule has 0 aromatic heterocycles. The number of methoxy groups -OCH3 is 2. The number of hydrogen-bond acceptors (Lipinski definition) is 5. The molecule has 0 aliphatic rings.